The number of aromatic nitrogens is 1. The van der Waals surface area contributed by atoms with Gasteiger partial charge in [-0.2, -0.15) is 13.2 Å². The number of nitro groups is 1. The second-order valence-corrected chi connectivity index (χ2v) is 2.48. The van der Waals surface area contributed by atoms with E-state index in [9.17, 15) is 23.3 Å². The molecule has 0 amide bonds. The molecule has 1 aromatic rings. The van der Waals surface area contributed by atoms with E-state index in [1.165, 1.54) is 0 Å². The van der Waals surface area contributed by atoms with Gasteiger partial charge in [-0.05, 0) is 22.0 Å². The van der Waals surface area contributed by atoms with Gasteiger partial charge in [0.05, 0.1) is 7.11 Å². The van der Waals surface area contributed by atoms with Crippen molar-refractivity contribution in [1.82, 2.24) is 4.98 Å². The zero-order chi connectivity index (χ0) is 11.6. The highest BCUT2D eigenvalue weighted by molar-refractivity contribution is 5.40. The van der Waals surface area contributed by atoms with Crippen molar-refractivity contribution in [1.29, 1.82) is 0 Å². The van der Waals surface area contributed by atoms with E-state index >= 15 is 0 Å². The maximum Gasteiger partial charge on any atom is 0.457 e. The van der Waals surface area contributed by atoms with Crippen LogP contribution in [0.1, 0.15) is 5.69 Å². The number of rotatable bonds is 2. The number of ether oxygens (including phenoxy) is 1. The van der Waals surface area contributed by atoms with Crippen LogP contribution in [0.3, 0.4) is 0 Å². The molecule has 0 N–H and O–H groups in total. The lowest BCUT2D eigenvalue weighted by Crippen LogP contribution is -2.09. The van der Waals surface area contributed by atoms with Crippen LogP contribution in [-0.2, 0) is 6.18 Å². The van der Waals surface area contributed by atoms with Gasteiger partial charge in [-0.15, -0.1) is 0 Å². The molecule has 0 unspecified atom stereocenters. The molecule has 0 radical (unpaired) electrons. The molecule has 0 spiro atoms. The molecule has 5 nitrogen and oxygen atoms in total. The highest BCUT2D eigenvalue weighted by Gasteiger charge is 2.38. The standard InChI is InChI=1S/C7H5F3N2O3/c1-15-4-2-3-5(7(8,9)10)11-6(4)12(13)14/h2-3H,1H3. The van der Waals surface area contributed by atoms with Crippen LogP contribution < -0.4 is 4.74 Å². The Balaban J connectivity index is 3.28. The van der Waals surface area contributed by atoms with E-state index in [0.29, 0.717) is 6.07 Å². The molecular weight excluding hydrogens is 217 g/mol. The third-order valence-electron chi connectivity index (χ3n) is 1.52. The van der Waals surface area contributed by atoms with Gasteiger partial charge in [-0.3, -0.25) is 0 Å². The third-order valence-corrected chi connectivity index (χ3v) is 1.52. The van der Waals surface area contributed by atoms with Crippen molar-refractivity contribution < 1.29 is 22.8 Å². The molecule has 0 aliphatic carbocycles. The Morgan fingerprint density at radius 1 is 1.47 bits per heavy atom. The molecule has 0 fully saturated rings. The van der Waals surface area contributed by atoms with Gasteiger partial charge in [0.15, 0.2) is 0 Å². The number of pyridine rings is 1. The number of hydrogen-bond acceptors (Lipinski definition) is 4. The Morgan fingerprint density at radius 3 is 2.47 bits per heavy atom. The van der Waals surface area contributed by atoms with Gasteiger partial charge >= 0.3 is 12.0 Å². The monoisotopic (exact) mass is 222 g/mol. The van der Waals surface area contributed by atoms with Gasteiger partial charge in [0, 0.05) is 0 Å². The molecule has 15 heavy (non-hydrogen) atoms. The average molecular weight is 222 g/mol. The highest BCUT2D eigenvalue weighted by atomic mass is 19.4. The largest absolute Gasteiger partial charge is 0.489 e. The molecule has 0 saturated carbocycles. The van der Waals surface area contributed by atoms with Crippen LogP contribution in [0.25, 0.3) is 0 Å². The van der Waals surface area contributed by atoms with Crippen molar-refractivity contribution in [3.05, 3.63) is 27.9 Å². The molecule has 1 rings (SSSR count). The lowest BCUT2D eigenvalue weighted by Gasteiger charge is -2.04. The van der Waals surface area contributed by atoms with Crippen LogP contribution in [0, 0.1) is 10.1 Å². The molecule has 82 valence electrons. The van der Waals surface area contributed by atoms with Crippen molar-refractivity contribution in [3.63, 3.8) is 0 Å². The normalized spacial score (nSPS) is 11.2. The Bertz CT molecular complexity index is 392. The quantitative estimate of drug-likeness (QED) is 0.567. The van der Waals surface area contributed by atoms with Crippen LogP contribution in [-0.4, -0.2) is 17.0 Å². The smallest absolute Gasteiger partial charge is 0.457 e. The SMILES string of the molecule is COc1ccc(C(F)(F)F)nc1[N+](=O)[O-]. The van der Waals surface area contributed by atoms with Gasteiger partial charge < -0.3 is 14.9 Å². The first-order valence-electron chi connectivity index (χ1n) is 3.63. The molecule has 0 bridgehead atoms. The van der Waals surface area contributed by atoms with Crippen molar-refractivity contribution in [2.24, 2.45) is 0 Å². The van der Waals surface area contributed by atoms with E-state index in [-0.39, 0.29) is 5.75 Å². The Labute approximate surface area is 81.6 Å². The number of alkyl halides is 3. The number of methoxy groups -OCH3 is 1. The topological polar surface area (TPSA) is 65.3 Å². The Hall–Kier alpha value is -1.86. The second-order valence-electron chi connectivity index (χ2n) is 2.48. The van der Waals surface area contributed by atoms with E-state index in [0.717, 1.165) is 13.2 Å². The first-order valence-corrected chi connectivity index (χ1v) is 3.63. The first kappa shape index (κ1) is 11.2. The molecule has 8 heteroatoms. The summed E-state index contributed by atoms with van der Waals surface area (Å²) in [6.07, 6.45) is -4.71. The van der Waals surface area contributed by atoms with E-state index in [4.69, 9.17) is 0 Å². The van der Waals surface area contributed by atoms with Crippen LogP contribution in [0.5, 0.6) is 5.75 Å². The minimum Gasteiger partial charge on any atom is -0.489 e. The summed E-state index contributed by atoms with van der Waals surface area (Å²) in [6, 6.07) is 1.47. The Morgan fingerprint density at radius 2 is 2.07 bits per heavy atom. The molecule has 1 heterocycles. The van der Waals surface area contributed by atoms with E-state index < -0.39 is 22.6 Å². The van der Waals surface area contributed by atoms with E-state index in [2.05, 4.69) is 9.72 Å². The summed E-state index contributed by atoms with van der Waals surface area (Å²) >= 11 is 0. The first-order chi connectivity index (χ1) is 6.86. The fourth-order valence-electron chi connectivity index (χ4n) is 0.884. The van der Waals surface area contributed by atoms with Gasteiger partial charge in [-0.1, -0.05) is 0 Å². The summed E-state index contributed by atoms with van der Waals surface area (Å²) < 4.78 is 40.9. The summed E-state index contributed by atoms with van der Waals surface area (Å²) in [7, 11) is 1.11. The minimum atomic E-state index is -4.71. The number of nitrogens with zero attached hydrogens (tertiary/aromatic N) is 2. The average Bonchev–Trinajstić information content (AvgIpc) is 2.15. The van der Waals surface area contributed by atoms with Crippen molar-refractivity contribution in [2.75, 3.05) is 7.11 Å². The molecule has 0 saturated heterocycles. The van der Waals surface area contributed by atoms with Crippen molar-refractivity contribution >= 4 is 5.82 Å². The maximum atomic E-state index is 12.1. The Kier molecular flexibility index (Phi) is 2.78. The maximum absolute atomic E-state index is 12.1. The zero-order valence-electron chi connectivity index (χ0n) is 7.41. The van der Waals surface area contributed by atoms with Gasteiger partial charge in [0.25, 0.3) is 5.69 Å². The molecular formula is C7H5F3N2O3. The summed E-state index contributed by atoms with van der Waals surface area (Å²) in [5.41, 5.74) is -1.32. The minimum absolute atomic E-state index is 0.312. The molecule has 0 aromatic carbocycles. The van der Waals surface area contributed by atoms with Gasteiger partial charge in [-0.25, -0.2) is 0 Å². The number of halogens is 3. The number of hydrogen-bond donors (Lipinski definition) is 0. The van der Waals surface area contributed by atoms with E-state index in [1.807, 2.05) is 0 Å². The summed E-state index contributed by atoms with van der Waals surface area (Å²) in [6.45, 7) is 0. The molecule has 0 aliphatic heterocycles. The van der Waals surface area contributed by atoms with Crippen molar-refractivity contribution in [3.8, 4) is 5.75 Å². The van der Waals surface area contributed by atoms with Crippen LogP contribution in [0.4, 0.5) is 19.0 Å². The van der Waals surface area contributed by atoms with Gasteiger partial charge in [0.1, 0.15) is 0 Å². The second kappa shape index (κ2) is 3.71. The molecule has 0 aliphatic rings. The van der Waals surface area contributed by atoms with E-state index in [1.54, 1.807) is 0 Å². The van der Waals surface area contributed by atoms with Crippen LogP contribution in [0.2, 0.25) is 0 Å². The van der Waals surface area contributed by atoms with Crippen molar-refractivity contribution in [2.45, 2.75) is 6.18 Å². The predicted octanol–water partition coefficient (Wildman–Crippen LogP) is 2.02. The fourth-order valence-corrected chi connectivity index (χ4v) is 0.884. The van der Waals surface area contributed by atoms with Gasteiger partial charge in [0.2, 0.25) is 5.75 Å². The molecule has 1 aromatic heterocycles. The predicted molar refractivity (Wildman–Crippen MR) is 42.4 cm³/mol. The summed E-state index contributed by atoms with van der Waals surface area (Å²) in [4.78, 5) is 12.2. The van der Waals surface area contributed by atoms with Crippen LogP contribution in [0.15, 0.2) is 12.1 Å². The highest BCUT2D eigenvalue weighted by Crippen LogP contribution is 2.32. The lowest BCUT2D eigenvalue weighted by atomic mass is 10.3. The molecule has 0 atom stereocenters. The summed E-state index contributed by atoms with van der Waals surface area (Å²) in [5.74, 6) is -1.26. The summed E-state index contributed by atoms with van der Waals surface area (Å²) in [5, 5.41) is 10.4. The fraction of sp³-hybridized carbons (Fsp3) is 0.286. The van der Waals surface area contributed by atoms with Crippen LogP contribution >= 0.6 is 0 Å². The third kappa shape index (κ3) is 2.33. The zero-order valence-corrected chi connectivity index (χ0v) is 7.41. The lowest BCUT2D eigenvalue weighted by molar-refractivity contribution is -0.390.